The van der Waals surface area contributed by atoms with E-state index in [9.17, 15) is 14.9 Å². The van der Waals surface area contributed by atoms with E-state index in [2.05, 4.69) is 55.5 Å². The van der Waals surface area contributed by atoms with E-state index >= 15 is 0 Å². The van der Waals surface area contributed by atoms with Gasteiger partial charge in [-0.15, -0.1) is 10.2 Å². The van der Waals surface area contributed by atoms with Crippen LogP contribution in [0.25, 0.3) is 0 Å². The van der Waals surface area contributed by atoms with Gasteiger partial charge >= 0.3 is 0 Å². The number of rotatable bonds is 1. The summed E-state index contributed by atoms with van der Waals surface area (Å²) in [5, 5.41) is 18.1. The predicted octanol–water partition coefficient (Wildman–Crippen LogP) is 6.21. The molecule has 0 unspecified atom stereocenters. The van der Waals surface area contributed by atoms with Gasteiger partial charge in [-0.05, 0) is 86.0 Å². The first-order chi connectivity index (χ1) is 17.7. The van der Waals surface area contributed by atoms with Gasteiger partial charge in [-0.2, -0.15) is 5.26 Å². The minimum absolute atomic E-state index is 0.0381. The van der Waals surface area contributed by atoms with Gasteiger partial charge in [0.15, 0.2) is 11.6 Å². The molecular weight excluding hydrogens is 472 g/mol. The number of carbonyl (C=O) groups is 2. The lowest BCUT2D eigenvalue weighted by atomic mass is 9.34. The number of nitriles is 1. The maximum atomic E-state index is 14.5. The maximum absolute atomic E-state index is 14.5. The summed E-state index contributed by atoms with van der Waals surface area (Å²) in [6, 6.07) is 2.20. The lowest BCUT2D eigenvalue weighted by Gasteiger charge is -2.69. The van der Waals surface area contributed by atoms with Crippen molar-refractivity contribution < 1.29 is 9.59 Å². The van der Waals surface area contributed by atoms with Crippen molar-refractivity contribution in [2.45, 2.75) is 99.0 Å². The third kappa shape index (κ3) is 2.94. The van der Waals surface area contributed by atoms with Crippen LogP contribution in [0, 0.1) is 56.2 Å². The van der Waals surface area contributed by atoms with Crippen LogP contribution >= 0.6 is 0 Å². The molecule has 5 aliphatic carbocycles. The van der Waals surface area contributed by atoms with E-state index in [1.807, 2.05) is 38.7 Å². The number of allylic oxidation sites excluding steroid dienone is 4. The van der Waals surface area contributed by atoms with E-state index in [1.165, 1.54) is 5.57 Å². The molecule has 0 spiro atoms. The van der Waals surface area contributed by atoms with Crippen LogP contribution in [0.15, 0.2) is 36.0 Å². The highest BCUT2D eigenvalue weighted by Gasteiger charge is 2.69. The number of nitrogens with zero attached hydrogens (tertiary/aromatic N) is 4. The van der Waals surface area contributed by atoms with Crippen molar-refractivity contribution in [3.05, 3.63) is 36.0 Å². The highest BCUT2D eigenvalue weighted by atomic mass is 16.1. The summed E-state index contributed by atoms with van der Waals surface area (Å²) in [5.41, 5.74) is 0.00414. The van der Waals surface area contributed by atoms with E-state index in [4.69, 9.17) is 0 Å². The van der Waals surface area contributed by atoms with Crippen molar-refractivity contribution in [2.24, 2.45) is 44.8 Å². The smallest absolute Gasteiger partial charge is 0.178 e. The fraction of sp³-hybridized carbons (Fsp3) is 0.719. The van der Waals surface area contributed by atoms with Crippen LogP contribution in [-0.4, -0.2) is 26.3 Å². The first-order valence-corrected chi connectivity index (χ1v) is 14.5. The third-order valence-electron chi connectivity index (χ3n) is 13.1. The highest BCUT2D eigenvalue weighted by molar-refractivity contribution is 6.04. The van der Waals surface area contributed by atoms with Crippen molar-refractivity contribution in [3.63, 3.8) is 0 Å². The molecule has 0 aromatic carbocycles. The maximum Gasteiger partial charge on any atom is 0.178 e. The molecule has 202 valence electrons. The molecule has 0 radical (unpaired) electrons. The summed E-state index contributed by atoms with van der Waals surface area (Å²) >= 11 is 0. The van der Waals surface area contributed by atoms with Crippen LogP contribution in [0.1, 0.15) is 93.4 Å². The molecule has 0 amide bonds. The quantitative estimate of drug-likeness (QED) is 0.445. The number of hydrogen-bond donors (Lipinski definition) is 0. The lowest BCUT2D eigenvalue weighted by molar-refractivity contribution is -0.168. The molecule has 1 heterocycles. The Morgan fingerprint density at radius 2 is 1.61 bits per heavy atom. The number of carbonyl (C=O) groups excluding carboxylic acids is 2. The minimum Gasteiger partial charge on any atom is -0.314 e. The molecule has 3 saturated carbocycles. The van der Waals surface area contributed by atoms with E-state index in [-0.39, 0.29) is 56.7 Å². The van der Waals surface area contributed by atoms with Gasteiger partial charge in [0.1, 0.15) is 18.7 Å². The second-order valence-electron chi connectivity index (χ2n) is 15.1. The van der Waals surface area contributed by atoms with Gasteiger partial charge in [0.25, 0.3) is 0 Å². The van der Waals surface area contributed by atoms with E-state index < -0.39 is 10.8 Å². The summed E-state index contributed by atoms with van der Waals surface area (Å²) in [4.78, 5) is 27.7. The zero-order valence-corrected chi connectivity index (χ0v) is 24.1. The Morgan fingerprint density at radius 1 is 0.947 bits per heavy atom. The van der Waals surface area contributed by atoms with Crippen LogP contribution in [-0.2, 0) is 15.1 Å². The first-order valence-electron chi connectivity index (χ1n) is 14.5. The Labute approximate surface area is 227 Å². The Kier molecular flexibility index (Phi) is 5.11. The number of Topliss-reactive ketones (excluding diaryl/α,β-unsaturated/α-hetero) is 1. The second kappa shape index (κ2) is 7.55. The van der Waals surface area contributed by atoms with E-state index in [1.54, 1.807) is 0 Å². The molecule has 6 rings (SSSR count). The van der Waals surface area contributed by atoms with Gasteiger partial charge in [-0.1, -0.05) is 53.2 Å². The molecule has 0 aliphatic heterocycles. The van der Waals surface area contributed by atoms with Crippen LogP contribution in [0.4, 0.5) is 0 Å². The van der Waals surface area contributed by atoms with Gasteiger partial charge in [-0.25, -0.2) is 0 Å². The van der Waals surface area contributed by atoms with Gasteiger partial charge in [0, 0.05) is 22.3 Å². The van der Waals surface area contributed by atoms with Gasteiger partial charge in [-0.3, -0.25) is 9.59 Å². The SMILES string of the molecule is CC1(C)C(=O)C(C#N)=C[C@]2(C)C3=CC(=O)[C@@H]4[C@@H]5C[C@@](C)(n6cnnc6)CC[C@]5(C)CC[C@@]4(C)[C@]3(C)CC[C@@H]12. The lowest BCUT2D eigenvalue weighted by Crippen LogP contribution is -2.65. The molecule has 1 aromatic heterocycles. The number of aromatic nitrogens is 3. The monoisotopic (exact) mass is 514 g/mol. The van der Waals surface area contributed by atoms with Crippen molar-refractivity contribution in [1.29, 1.82) is 5.26 Å². The van der Waals surface area contributed by atoms with Crippen LogP contribution < -0.4 is 0 Å². The van der Waals surface area contributed by atoms with Crippen molar-refractivity contribution in [2.75, 3.05) is 0 Å². The summed E-state index contributed by atoms with van der Waals surface area (Å²) in [7, 11) is 0. The Hall–Kier alpha value is -2.55. The van der Waals surface area contributed by atoms with Gasteiger partial charge < -0.3 is 4.57 Å². The summed E-state index contributed by atoms with van der Waals surface area (Å²) in [5.74, 6) is 0.523. The zero-order valence-electron chi connectivity index (χ0n) is 24.1. The zero-order chi connectivity index (χ0) is 27.5. The Balaban J connectivity index is 1.49. The molecular formula is C32H42N4O2. The third-order valence-corrected chi connectivity index (χ3v) is 13.1. The standard InChI is InChI=1S/C32H42N4O2/c1-27(2)23-8-9-31(6)24(30(23,5)15-20(17-33)26(27)38)14-22(37)25-21-16-29(4,36-18-34-35-19-36)12-10-28(21,3)11-13-32(25,31)7/h14-15,18-19,21,23,25H,8-13,16H2,1-7H3/t21-,23-,25-,28+,29-,30-,31+,32+/m0/s1. The van der Waals surface area contributed by atoms with Gasteiger partial charge in [0.2, 0.25) is 0 Å². The Morgan fingerprint density at radius 3 is 2.26 bits per heavy atom. The largest absolute Gasteiger partial charge is 0.314 e. The molecule has 6 nitrogen and oxygen atoms in total. The molecule has 6 heteroatoms. The summed E-state index contributed by atoms with van der Waals surface area (Å²) in [6.07, 6.45) is 14.8. The molecule has 3 fully saturated rings. The highest BCUT2D eigenvalue weighted by Crippen LogP contribution is 2.74. The average molecular weight is 515 g/mol. The fourth-order valence-electron chi connectivity index (χ4n) is 10.4. The van der Waals surface area contributed by atoms with Crippen molar-refractivity contribution in [3.8, 4) is 6.07 Å². The molecule has 0 saturated heterocycles. The van der Waals surface area contributed by atoms with Crippen molar-refractivity contribution in [1.82, 2.24) is 14.8 Å². The summed E-state index contributed by atoms with van der Waals surface area (Å²) in [6.45, 7) is 15.7. The summed E-state index contributed by atoms with van der Waals surface area (Å²) < 4.78 is 2.16. The predicted molar refractivity (Wildman–Crippen MR) is 144 cm³/mol. The fourth-order valence-corrected chi connectivity index (χ4v) is 10.4. The molecule has 38 heavy (non-hydrogen) atoms. The Bertz CT molecular complexity index is 1330. The number of fused-ring (bicyclic) bond motifs is 7. The van der Waals surface area contributed by atoms with E-state index in [0.29, 0.717) is 0 Å². The molecule has 1 aromatic rings. The van der Waals surface area contributed by atoms with Crippen LogP contribution in [0.5, 0.6) is 0 Å². The number of hydrogen-bond acceptors (Lipinski definition) is 5. The molecule has 0 N–H and O–H groups in total. The van der Waals surface area contributed by atoms with E-state index in [0.717, 1.165) is 44.9 Å². The van der Waals surface area contributed by atoms with Crippen LogP contribution in [0.2, 0.25) is 0 Å². The molecule has 5 aliphatic rings. The average Bonchev–Trinajstić information content (AvgIpc) is 3.40. The van der Waals surface area contributed by atoms with Gasteiger partial charge in [0.05, 0.1) is 5.57 Å². The van der Waals surface area contributed by atoms with Crippen LogP contribution in [0.3, 0.4) is 0 Å². The van der Waals surface area contributed by atoms with Crippen molar-refractivity contribution >= 4 is 11.6 Å². The number of ketones is 2. The second-order valence-corrected chi connectivity index (χ2v) is 15.1. The normalized spacial score (nSPS) is 47.5. The topological polar surface area (TPSA) is 88.6 Å². The molecule has 8 atom stereocenters. The minimum atomic E-state index is -0.632. The molecule has 0 bridgehead atoms. The first kappa shape index (κ1) is 25.7.